The summed E-state index contributed by atoms with van der Waals surface area (Å²) in [5.41, 5.74) is 2.27. The quantitative estimate of drug-likeness (QED) is 0.898. The van der Waals surface area contributed by atoms with Crippen LogP contribution in [0.4, 0.5) is 0 Å². The summed E-state index contributed by atoms with van der Waals surface area (Å²) in [6.45, 7) is 2.93. The first-order chi connectivity index (χ1) is 8.72. The Kier molecular flexibility index (Phi) is 4.28. The van der Waals surface area contributed by atoms with E-state index in [2.05, 4.69) is 22.2 Å². The third kappa shape index (κ3) is 3.05. The normalized spacial score (nSPS) is 10.6. The first kappa shape index (κ1) is 13.0. The minimum absolute atomic E-state index is 0.643. The molecule has 0 amide bonds. The monoisotopic (exact) mass is 263 g/mol. The van der Waals surface area contributed by atoms with Gasteiger partial charge in [0.1, 0.15) is 0 Å². The van der Waals surface area contributed by atoms with Gasteiger partial charge in [0.2, 0.25) is 5.88 Å². The Morgan fingerprint density at radius 2 is 2.22 bits per heavy atom. The van der Waals surface area contributed by atoms with Crippen molar-refractivity contribution in [2.75, 3.05) is 14.2 Å². The van der Waals surface area contributed by atoms with E-state index in [0.29, 0.717) is 5.88 Å². The molecule has 0 aromatic carbocycles. The number of thiazole rings is 1. The molecule has 2 heterocycles. The van der Waals surface area contributed by atoms with E-state index in [1.165, 1.54) is 4.88 Å². The summed E-state index contributed by atoms with van der Waals surface area (Å²) in [7, 11) is 3.57. The van der Waals surface area contributed by atoms with Crippen LogP contribution in [0.3, 0.4) is 0 Å². The van der Waals surface area contributed by atoms with E-state index in [1.54, 1.807) is 18.4 Å². The van der Waals surface area contributed by atoms with Gasteiger partial charge in [-0.25, -0.2) is 9.97 Å². The predicted octanol–water partition coefficient (Wildman–Crippen LogP) is 2.17. The molecule has 0 fully saturated rings. The summed E-state index contributed by atoms with van der Waals surface area (Å²) in [5.74, 6) is 0.643. The SMILES string of the molecule is CNCc1sc(Cc2ccc(OC)nc2)nc1C. The Balaban J connectivity index is 2.10. The van der Waals surface area contributed by atoms with Crippen molar-refractivity contribution >= 4 is 11.3 Å². The van der Waals surface area contributed by atoms with Crippen molar-refractivity contribution in [2.24, 2.45) is 0 Å². The molecule has 0 saturated heterocycles. The fourth-order valence-electron chi connectivity index (χ4n) is 1.70. The van der Waals surface area contributed by atoms with Crippen molar-refractivity contribution in [3.63, 3.8) is 0 Å². The van der Waals surface area contributed by atoms with Crippen molar-refractivity contribution in [3.8, 4) is 5.88 Å². The highest BCUT2D eigenvalue weighted by molar-refractivity contribution is 7.11. The molecule has 4 nitrogen and oxygen atoms in total. The molecule has 0 aliphatic rings. The molecule has 2 rings (SSSR count). The fraction of sp³-hybridized carbons (Fsp3) is 0.385. The number of ether oxygens (including phenoxy) is 1. The van der Waals surface area contributed by atoms with Crippen LogP contribution in [0.5, 0.6) is 5.88 Å². The molecule has 5 heteroatoms. The van der Waals surface area contributed by atoms with Gasteiger partial charge < -0.3 is 10.1 Å². The second kappa shape index (κ2) is 5.93. The summed E-state index contributed by atoms with van der Waals surface area (Å²) in [6, 6.07) is 3.91. The van der Waals surface area contributed by atoms with Gasteiger partial charge >= 0.3 is 0 Å². The van der Waals surface area contributed by atoms with Crippen molar-refractivity contribution in [1.29, 1.82) is 0 Å². The molecule has 0 spiro atoms. The van der Waals surface area contributed by atoms with E-state index in [4.69, 9.17) is 4.74 Å². The fourth-order valence-corrected chi connectivity index (χ4v) is 2.82. The summed E-state index contributed by atoms with van der Waals surface area (Å²) >= 11 is 1.76. The molecule has 0 saturated carbocycles. The Labute approximate surface area is 111 Å². The van der Waals surface area contributed by atoms with Crippen LogP contribution in [-0.2, 0) is 13.0 Å². The molecule has 96 valence electrons. The summed E-state index contributed by atoms with van der Waals surface area (Å²) in [5, 5.41) is 4.29. The molecule has 18 heavy (non-hydrogen) atoms. The van der Waals surface area contributed by atoms with Gasteiger partial charge in [-0.3, -0.25) is 0 Å². The lowest BCUT2D eigenvalue weighted by Crippen LogP contribution is -2.04. The van der Waals surface area contributed by atoms with Crippen LogP contribution in [0.1, 0.15) is 21.1 Å². The second-order valence-electron chi connectivity index (χ2n) is 4.03. The van der Waals surface area contributed by atoms with E-state index in [1.807, 2.05) is 25.4 Å². The molecule has 1 N–H and O–H groups in total. The Hall–Kier alpha value is -1.46. The number of aromatic nitrogens is 2. The number of hydrogen-bond acceptors (Lipinski definition) is 5. The highest BCUT2D eigenvalue weighted by atomic mass is 32.1. The number of rotatable bonds is 5. The number of methoxy groups -OCH3 is 1. The van der Waals surface area contributed by atoms with Gasteiger partial charge in [0.05, 0.1) is 17.8 Å². The summed E-state index contributed by atoms with van der Waals surface area (Å²) in [4.78, 5) is 10.1. The Morgan fingerprint density at radius 3 is 2.83 bits per heavy atom. The number of nitrogens with one attached hydrogen (secondary N) is 1. The van der Waals surface area contributed by atoms with Gasteiger partial charge in [0, 0.05) is 30.1 Å². The van der Waals surface area contributed by atoms with Crippen molar-refractivity contribution in [1.82, 2.24) is 15.3 Å². The van der Waals surface area contributed by atoms with E-state index in [0.717, 1.165) is 29.2 Å². The topological polar surface area (TPSA) is 47.0 Å². The average Bonchev–Trinajstić information content (AvgIpc) is 2.71. The van der Waals surface area contributed by atoms with Crippen LogP contribution in [0.2, 0.25) is 0 Å². The molecule has 2 aromatic rings. The van der Waals surface area contributed by atoms with Crippen LogP contribution < -0.4 is 10.1 Å². The zero-order valence-electron chi connectivity index (χ0n) is 10.9. The Bertz CT molecular complexity index is 507. The van der Waals surface area contributed by atoms with Gasteiger partial charge in [-0.15, -0.1) is 11.3 Å². The largest absolute Gasteiger partial charge is 0.481 e. The van der Waals surface area contributed by atoms with Crippen molar-refractivity contribution < 1.29 is 4.74 Å². The summed E-state index contributed by atoms with van der Waals surface area (Å²) < 4.78 is 5.04. The molecule has 0 aliphatic carbocycles. The van der Waals surface area contributed by atoms with E-state index >= 15 is 0 Å². The first-order valence-electron chi connectivity index (χ1n) is 5.81. The third-order valence-electron chi connectivity index (χ3n) is 2.64. The van der Waals surface area contributed by atoms with Gasteiger partial charge in [0.15, 0.2) is 0 Å². The standard InChI is InChI=1S/C13H17N3OS/c1-9-11(8-14-2)18-13(16-9)6-10-4-5-12(17-3)15-7-10/h4-5,7,14H,6,8H2,1-3H3. The molecule has 0 aliphatic heterocycles. The molecule has 0 unspecified atom stereocenters. The zero-order chi connectivity index (χ0) is 13.0. The lowest BCUT2D eigenvalue weighted by molar-refractivity contribution is 0.397. The lowest BCUT2D eigenvalue weighted by Gasteiger charge is -2.00. The first-order valence-corrected chi connectivity index (χ1v) is 6.63. The minimum atomic E-state index is 0.643. The van der Waals surface area contributed by atoms with E-state index < -0.39 is 0 Å². The van der Waals surface area contributed by atoms with Crippen LogP contribution in [-0.4, -0.2) is 24.1 Å². The number of hydrogen-bond donors (Lipinski definition) is 1. The van der Waals surface area contributed by atoms with Crippen LogP contribution >= 0.6 is 11.3 Å². The average molecular weight is 263 g/mol. The van der Waals surface area contributed by atoms with Gasteiger partial charge in [-0.2, -0.15) is 0 Å². The molecule has 0 atom stereocenters. The minimum Gasteiger partial charge on any atom is -0.481 e. The van der Waals surface area contributed by atoms with E-state index in [9.17, 15) is 0 Å². The zero-order valence-corrected chi connectivity index (χ0v) is 11.7. The molecule has 2 aromatic heterocycles. The van der Waals surface area contributed by atoms with Crippen molar-refractivity contribution in [3.05, 3.63) is 39.5 Å². The van der Waals surface area contributed by atoms with Crippen LogP contribution in [0, 0.1) is 6.92 Å². The Morgan fingerprint density at radius 1 is 1.39 bits per heavy atom. The van der Waals surface area contributed by atoms with E-state index in [-0.39, 0.29) is 0 Å². The van der Waals surface area contributed by atoms with Crippen LogP contribution in [0.25, 0.3) is 0 Å². The highest BCUT2D eigenvalue weighted by Gasteiger charge is 2.07. The second-order valence-corrected chi connectivity index (χ2v) is 5.20. The predicted molar refractivity (Wildman–Crippen MR) is 73.2 cm³/mol. The smallest absolute Gasteiger partial charge is 0.212 e. The molecule has 0 radical (unpaired) electrons. The highest BCUT2D eigenvalue weighted by Crippen LogP contribution is 2.21. The third-order valence-corrected chi connectivity index (χ3v) is 3.79. The maximum atomic E-state index is 5.04. The van der Waals surface area contributed by atoms with Gasteiger partial charge in [0.25, 0.3) is 0 Å². The number of nitrogens with zero attached hydrogens (tertiary/aromatic N) is 2. The summed E-state index contributed by atoms with van der Waals surface area (Å²) in [6.07, 6.45) is 2.67. The lowest BCUT2D eigenvalue weighted by atomic mass is 10.2. The molecular formula is C13H17N3OS. The molecular weight excluding hydrogens is 246 g/mol. The van der Waals surface area contributed by atoms with Crippen molar-refractivity contribution in [2.45, 2.75) is 19.9 Å². The van der Waals surface area contributed by atoms with Crippen LogP contribution in [0.15, 0.2) is 18.3 Å². The van der Waals surface area contributed by atoms with Gasteiger partial charge in [-0.1, -0.05) is 6.07 Å². The van der Waals surface area contributed by atoms with Gasteiger partial charge in [-0.05, 0) is 19.5 Å². The number of aryl methyl sites for hydroxylation is 1. The maximum absolute atomic E-state index is 5.04. The maximum Gasteiger partial charge on any atom is 0.212 e. The molecule has 0 bridgehead atoms. The number of pyridine rings is 1.